The molecule has 0 radical (unpaired) electrons. The zero-order chi connectivity index (χ0) is 24.0. The summed E-state index contributed by atoms with van der Waals surface area (Å²) < 4.78 is 51.2. The number of aromatic nitrogens is 2. The zero-order valence-corrected chi connectivity index (χ0v) is 18.5. The van der Waals surface area contributed by atoms with E-state index in [9.17, 15) is 33.3 Å². The van der Waals surface area contributed by atoms with Crippen molar-refractivity contribution in [1.82, 2.24) is 9.55 Å². The third kappa shape index (κ3) is 9.71. The van der Waals surface area contributed by atoms with E-state index in [0.717, 1.165) is 10.8 Å². The van der Waals surface area contributed by atoms with Crippen molar-refractivity contribution in [1.29, 1.82) is 0 Å². The van der Waals surface area contributed by atoms with Gasteiger partial charge in [0.2, 0.25) is 0 Å². The van der Waals surface area contributed by atoms with Crippen LogP contribution < -0.4 is 11.2 Å². The topological polar surface area (TPSA) is 244 Å². The number of phosphoric ester groups is 1. The molecule has 0 aliphatic heterocycles. The van der Waals surface area contributed by atoms with Crippen LogP contribution in [0, 0.1) is 11.8 Å². The molecule has 0 spiro atoms. The molecule has 16 nitrogen and oxygen atoms in total. The van der Waals surface area contributed by atoms with E-state index in [1.807, 2.05) is 4.98 Å². The van der Waals surface area contributed by atoms with E-state index in [1.54, 1.807) is 0 Å². The number of nitrogens with one attached hydrogen (secondary N) is 1. The second kappa shape index (κ2) is 10.9. The fourth-order valence-corrected chi connectivity index (χ4v) is 4.99. The maximum absolute atomic E-state index is 11.9. The smallest absolute Gasteiger partial charge is 0.394 e. The van der Waals surface area contributed by atoms with Crippen molar-refractivity contribution in [2.75, 3.05) is 13.2 Å². The monoisotopic (exact) mass is 508 g/mol. The van der Waals surface area contributed by atoms with Crippen LogP contribution in [-0.4, -0.2) is 53.5 Å². The predicted molar refractivity (Wildman–Crippen MR) is 100 cm³/mol. The lowest BCUT2D eigenvalue weighted by atomic mass is 10.3. The molecule has 0 saturated heterocycles. The van der Waals surface area contributed by atoms with Crippen LogP contribution in [0.5, 0.6) is 0 Å². The molecule has 0 aliphatic rings. The third-order valence-electron chi connectivity index (χ3n) is 3.05. The predicted octanol–water partition coefficient (Wildman–Crippen LogP) is -0.853. The van der Waals surface area contributed by atoms with Crippen molar-refractivity contribution in [3.05, 3.63) is 32.6 Å². The highest BCUT2D eigenvalue weighted by atomic mass is 31.3. The van der Waals surface area contributed by atoms with Gasteiger partial charge >= 0.3 is 29.2 Å². The first-order valence-corrected chi connectivity index (χ1v) is 12.4. The van der Waals surface area contributed by atoms with Crippen molar-refractivity contribution in [3.8, 4) is 11.8 Å². The molecule has 4 unspecified atom stereocenters. The van der Waals surface area contributed by atoms with Crippen molar-refractivity contribution in [2.45, 2.75) is 26.2 Å². The summed E-state index contributed by atoms with van der Waals surface area (Å²) in [7, 11) is -16.7. The number of nitrogens with zero attached hydrogens (tertiary/aromatic N) is 1. The molecule has 0 fully saturated rings. The molecule has 19 heteroatoms. The summed E-state index contributed by atoms with van der Waals surface area (Å²) in [5, 5.41) is 9.34. The Kier molecular flexibility index (Phi) is 9.73. The van der Waals surface area contributed by atoms with Crippen LogP contribution in [-0.2, 0) is 31.6 Å². The summed E-state index contributed by atoms with van der Waals surface area (Å²) in [5.41, 5.74) is -1.69. The highest BCUT2D eigenvalue weighted by Crippen LogP contribution is 2.66. The molecule has 0 saturated carbocycles. The van der Waals surface area contributed by atoms with Gasteiger partial charge in [-0.25, -0.2) is 18.5 Å². The van der Waals surface area contributed by atoms with E-state index < -0.39 is 60.3 Å². The Morgan fingerprint density at radius 1 is 1.13 bits per heavy atom. The van der Waals surface area contributed by atoms with Crippen LogP contribution in [0.2, 0.25) is 0 Å². The standard InChI is InChI=1S/C12H19N2O14P3/c1-3-4-9-5-14(12(17)13-11(9)16)8(2)26-10(6-15)7-25-30(21,22)28-31(23,24)27-29(18,19)20/h5,8,10,15H,6-7H2,1-2H3,(H,21,22)(H,23,24)(H,13,16,17)(H2,18,19,20). The zero-order valence-electron chi connectivity index (χ0n) is 15.8. The van der Waals surface area contributed by atoms with Crippen LogP contribution in [0.4, 0.5) is 0 Å². The average molecular weight is 508 g/mol. The molecular formula is C12H19N2O14P3. The van der Waals surface area contributed by atoms with Gasteiger partial charge in [0, 0.05) is 6.20 Å². The Hall–Kier alpha value is -1.43. The molecule has 1 aromatic rings. The van der Waals surface area contributed by atoms with Crippen LogP contribution in [0.3, 0.4) is 0 Å². The Morgan fingerprint density at radius 3 is 2.26 bits per heavy atom. The van der Waals surface area contributed by atoms with E-state index in [2.05, 4.69) is 25.0 Å². The first kappa shape index (κ1) is 27.6. The molecule has 0 aliphatic carbocycles. The second-order valence-corrected chi connectivity index (χ2v) is 9.93. The maximum atomic E-state index is 11.9. The number of rotatable bonds is 11. The summed E-state index contributed by atoms with van der Waals surface area (Å²) in [4.78, 5) is 61.0. The van der Waals surface area contributed by atoms with Gasteiger partial charge in [-0.1, -0.05) is 5.92 Å². The minimum absolute atomic E-state index is 0.0636. The number of ether oxygens (including phenoxy) is 1. The lowest BCUT2D eigenvalue weighted by molar-refractivity contribution is -0.0857. The summed E-state index contributed by atoms with van der Waals surface area (Å²) in [6.07, 6.45) is -1.48. The molecule has 1 aromatic heterocycles. The Morgan fingerprint density at radius 2 is 1.74 bits per heavy atom. The molecule has 31 heavy (non-hydrogen) atoms. The first-order valence-electron chi connectivity index (χ1n) is 7.92. The molecule has 1 rings (SSSR count). The number of aliphatic hydroxyl groups is 1. The number of hydrogen-bond donors (Lipinski definition) is 6. The lowest BCUT2D eigenvalue weighted by Gasteiger charge is -2.23. The van der Waals surface area contributed by atoms with Gasteiger partial charge < -0.3 is 29.4 Å². The Labute approximate surface area is 173 Å². The van der Waals surface area contributed by atoms with Gasteiger partial charge in [-0.3, -0.25) is 18.9 Å². The van der Waals surface area contributed by atoms with Crippen LogP contribution in [0.15, 0.2) is 15.8 Å². The van der Waals surface area contributed by atoms with Gasteiger partial charge in [0.15, 0.2) is 0 Å². The maximum Gasteiger partial charge on any atom is 0.490 e. The minimum Gasteiger partial charge on any atom is -0.394 e. The SMILES string of the molecule is CC#Cc1cn(C(C)OC(CO)COP(=O)(O)OP(=O)(O)OP(=O)(O)O)c(=O)[nH]c1=O. The molecule has 176 valence electrons. The lowest BCUT2D eigenvalue weighted by Crippen LogP contribution is -2.36. The Balaban J connectivity index is 2.87. The van der Waals surface area contributed by atoms with Gasteiger partial charge in [0.05, 0.1) is 13.2 Å². The molecular weight excluding hydrogens is 489 g/mol. The number of H-pyrrole nitrogens is 1. The summed E-state index contributed by atoms with van der Waals surface area (Å²) in [6, 6.07) is 0. The Bertz CT molecular complexity index is 1090. The molecule has 4 atom stereocenters. The summed E-state index contributed by atoms with van der Waals surface area (Å²) in [5.74, 6) is 4.93. The van der Waals surface area contributed by atoms with Crippen LogP contribution in [0.25, 0.3) is 0 Å². The van der Waals surface area contributed by atoms with Gasteiger partial charge in [-0.05, 0) is 13.8 Å². The number of hydrogen-bond acceptors (Lipinski definition) is 10. The number of aromatic amines is 1. The average Bonchev–Trinajstić information content (AvgIpc) is 2.57. The van der Waals surface area contributed by atoms with E-state index in [4.69, 9.17) is 19.4 Å². The van der Waals surface area contributed by atoms with Crippen molar-refractivity contribution in [3.63, 3.8) is 0 Å². The van der Waals surface area contributed by atoms with Crippen molar-refractivity contribution >= 4 is 23.5 Å². The fourth-order valence-electron chi connectivity index (χ4n) is 1.94. The molecule has 0 aromatic carbocycles. The largest absolute Gasteiger partial charge is 0.490 e. The van der Waals surface area contributed by atoms with E-state index in [1.165, 1.54) is 13.8 Å². The highest BCUT2D eigenvalue weighted by Gasteiger charge is 2.41. The summed E-state index contributed by atoms with van der Waals surface area (Å²) >= 11 is 0. The van der Waals surface area contributed by atoms with E-state index in [-0.39, 0.29) is 5.56 Å². The normalized spacial score (nSPS) is 17.6. The third-order valence-corrected chi connectivity index (χ3v) is 6.85. The second-order valence-electron chi connectivity index (χ2n) is 5.51. The molecule has 0 amide bonds. The van der Waals surface area contributed by atoms with Crippen LogP contribution in [0.1, 0.15) is 25.6 Å². The molecule has 1 heterocycles. The minimum atomic E-state index is -5.70. The van der Waals surface area contributed by atoms with Crippen molar-refractivity contribution < 1.29 is 56.3 Å². The fraction of sp³-hybridized carbons (Fsp3) is 0.500. The van der Waals surface area contributed by atoms with Gasteiger partial charge in [-0.2, -0.15) is 8.62 Å². The molecule has 6 N–H and O–H groups in total. The van der Waals surface area contributed by atoms with E-state index in [0.29, 0.717) is 0 Å². The van der Waals surface area contributed by atoms with Crippen LogP contribution >= 0.6 is 23.5 Å². The highest BCUT2D eigenvalue weighted by molar-refractivity contribution is 7.66. The van der Waals surface area contributed by atoms with Gasteiger partial charge in [0.25, 0.3) is 5.56 Å². The number of phosphoric acid groups is 3. The first-order chi connectivity index (χ1) is 14.1. The van der Waals surface area contributed by atoms with Gasteiger partial charge in [0.1, 0.15) is 17.9 Å². The summed E-state index contributed by atoms with van der Waals surface area (Å²) in [6.45, 7) is 1.000. The molecule has 0 bridgehead atoms. The van der Waals surface area contributed by atoms with Crippen molar-refractivity contribution in [2.24, 2.45) is 0 Å². The van der Waals surface area contributed by atoms with Gasteiger partial charge in [-0.15, -0.1) is 5.92 Å². The van der Waals surface area contributed by atoms with E-state index >= 15 is 0 Å². The number of aliphatic hydroxyl groups excluding tert-OH is 1. The quantitative estimate of drug-likeness (QED) is 0.157.